The van der Waals surface area contributed by atoms with Gasteiger partial charge in [0.1, 0.15) is 5.25 Å². The lowest BCUT2D eigenvalue weighted by Gasteiger charge is -2.13. The van der Waals surface area contributed by atoms with Crippen molar-refractivity contribution in [2.75, 3.05) is 0 Å². The predicted octanol–water partition coefficient (Wildman–Crippen LogP) is 3.71. The van der Waals surface area contributed by atoms with Gasteiger partial charge in [0.2, 0.25) is 0 Å². The molecule has 1 N–H and O–H groups in total. The quantitative estimate of drug-likeness (QED) is 0.860. The first-order valence-corrected chi connectivity index (χ1v) is 6.64. The molecule has 0 fully saturated rings. The van der Waals surface area contributed by atoms with Gasteiger partial charge >= 0.3 is 5.97 Å². The van der Waals surface area contributed by atoms with E-state index in [1.54, 1.807) is 11.3 Å². The average molecular weight is 295 g/mol. The summed E-state index contributed by atoms with van der Waals surface area (Å²) in [5.41, 5.74) is 0. The van der Waals surface area contributed by atoms with Gasteiger partial charge in [0.25, 0.3) is 0 Å². The van der Waals surface area contributed by atoms with Crippen LogP contribution in [0.25, 0.3) is 0 Å². The smallest absolute Gasteiger partial charge is 0.317 e. The highest BCUT2D eigenvalue weighted by molar-refractivity contribution is 9.11. The summed E-state index contributed by atoms with van der Waals surface area (Å²) < 4.78 is 2.07. The summed E-state index contributed by atoms with van der Waals surface area (Å²) in [6.07, 6.45) is 0. The van der Waals surface area contributed by atoms with Crippen LogP contribution in [0.2, 0.25) is 0 Å². The van der Waals surface area contributed by atoms with E-state index in [9.17, 15) is 4.79 Å². The van der Waals surface area contributed by atoms with Crippen molar-refractivity contribution >= 4 is 45.0 Å². The predicted molar refractivity (Wildman–Crippen MR) is 64.1 cm³/mol. The lowest BCUT2D eigenvalue weighted by Crippen LogP contribution is -2.21. The lowest BCUT2D eigenvalue weighted by atomic mass is 10.1. The van der Waals surface area contributed by atoms with E-state index < -0.39 is 5.97 Å². The van der Waals surface area contributed by atoms with E-state index in [2.05, 4.69) is 15.9 Å². The Kier molecular flexibility index (Phi) is 4.47. The van der Waals surface area contributed by atoms with E-state index >= 15 is 0 Å². The van der Waals surface area contributed by atoms with Gasteiger partial charge in [0.15, 0.2) is 0 Å². The van der Waals surface area contributed by atoms with E-state index in [0.29, 0.717) is 0 Å². The number of thiophene rings is 1. The van der Waals surface area contributed by atoms with Gasteiger partial charge in [0.05, 0.1) is 8.00 Å². The van der Waals surface area contributed by atoms with Gasteiger partial charge in [-0.25, -0.2) is 0 Å². The zero-order chi connectivity index (χ0) is 10.7. The molecular weight excluding hydrogens is 284 g/mol. The Morgan fingerprint density at radius 1 is 1.57 bits per heavy atom. The molecule has 1 unspecified atom stereocenters. The Morgan fingerprint density at radius 2 is 2.21 bits per heavy atom. The molecule has 0 aliphatic heterocycles. The summed E-state index contributed by atoms with van der Waals surface area (Å²) in [5.74, 6) is -0.604. The molecule has 1 aromatic heterocycles. The van der Waals surface area contributed by atoms with Crippen molar-refractivity contribution < 1.29 is 9.90 Å². The van der Waals surface area contributed by atoms with Gasteiger partial charge in [-0.3, -0.25) is 4.79 Å². The zero-order valence-corrected chi connectivity index (χ0v) is 11.1. The normalized spacial score (nSPS) is 13.1. The van der Waals surface area contributed by atoms with Crippen molar-refractivity contribution in [3.05, 3.63) is 15.9 Å². The Bertz CT molecular complexity index is 322. The molecule has 0 aromatic carbocycles. The molecule has 2 nitrogen and oxygen atoms in total. The average Bonchev–Trinajstić information content (AvgIpc) is 2.46. The number of rotatable bonds is 4. The number of halogens is 1. The van der Waals surface area contributed by atoms with E-state index in [4.69, 9.17) is 5.11 Å². The van der Waals surface area contributed by atoms with Gasteiger partial charge in [-0.1, -0.05) is 25.6 Å². The molecule has 0 saturated carbocycles. The highest BCUT2D eigenvalue weighted by atomic mass is 79.9. The summed E-state index contributed by atoms with van der Waals surface area (Å²) in [6, 6.07) is 3.88. The summed E-state index contributed by atoms with van der Waals surface area (Å²) in [6.45, 7) is 3.85. The fraction of sp³-hybridized carbons (Fsp3) is 0.444. The number of carboxylic acid groups (broad SMARTS) is 1. The molecule has 78 valence electrons. The van der Waals surface area contributed by atoms with Crippen LogP contribution in [0, 0.1) is 5.92 Å². The first-order valence-electron chi connectivity index (χ1n) is 4.15. The monoisotopic (exact) mass is 294 g/mol. The summed E-state index contributed by atoms with van der Waals surface area (Å²) in [4.78, 5) is 10.9. The minimum absolute atomic E-state index is 0.137. The second-order valence-electron chi connectivity index (χ2n) is 3.18. The molecule has 0 saturated heterocycles. The highest BCUT2D eigenvalue weighted by Crippen LogP contribution is 2.35. The number of hydrogen-bond acceptors (Lipinski definition) is 3. The van der Waals surface area contributed by atoms with Crippen LogP contribution in [0.15, 0.2) is 20.1 Å². The largest absolute Gasteiger partial charge is 0.480 e. The molecule has 0 amide bonds. The summed E-state index contributed by atoms with van der Waals surface area (Å²) >= 11 is 6.34. The Labute approximate surface area is 99.8 Å². The minimum atomic E-state index is -0.741. The Hall–Kier alpha value is -0.000000000000000111. The highest BCUT2D eigenvalue weighted by Gasteiger charge is 2.23. The van der Waals surface area contributed by atoms with Crippen molar-refractivity contribution in [2.45, 2.75) is 23.3 Å². The Morgan fingerprint density at radius 3 is 2.57 bits per heavy atom. The number of aliphatic carboxylic acids is 1. The fourth-order valence-electron chi connectivity index (χ4n) is 0.958. The molecule has 14 heavy (non-hydrogen) atoms. The van der Waals surface area contributed by atoms with E-state index in [-0.39, 0.29) is 11.2 Å². The van der Waals surface area contributed by atoms with Crippen LogP contribution in [0.3, 0.4) is 0 Å². The molecule has 1 heterocycles. The minimum Gasteiger partial charge on any atom is -0.480 e. The topological polar surface area (TPSA) is 37.3 Å². The van der Waals surface area contributed by atoms with Crippen LogP contribution in [0.1, 0.15) is 13.8 Å². The third-order valence-electron chi connectivity index (χ3n) is 1.64. The molecule has 0 aliphatic rings. The second-order valence-corrected chi connectivity index (χ2v) is 7.08. The third kappa shape index (κ3) is 3.29. The lowest BCUT2D eigenvalue weighted by molar-refractivity contribution is -0.137. The second kappa shape index (κ2) is 5.19. The standard InChI is InChI=1S/C9H11BrO2S2/c1-5(2)8(9(11)12)14-7-4-3-6(10)13-7/h3-5,8H,1-2H3,(H,11,12). The van der Waals surface area contributed by atoms with Gasteiger partial charge in [0, 0.05) is 0 Å². The van der Waals surface area contributed by atoms with E-state index in [0.717, 1.165) is 8.00 Å². The molecule has 1 atom stereocenters. The Balaban J connectivity index is 2.69. The van der Waals surface area contributed by atoms with Crippen molar-refractivity contribution in [3.63, 3.8) is 0 Å². The van der Waals surface area contributed by atoms with Crippen molar-refractivity contribution in [3.8, 4) is 0 Å². The first-order chi connectivity index (χ1) is 6.50. The molecule has 0 bridgehead atoms. The maximum absolute atomic E-state index is 10.9. The molecular formula is C9H11BrO2S2. The molecule has 5 heteroatoms. The molecule has 0 aliphatic carbocycles. The van der Waals surface area contributed by atoms with Gasteiger partial charge < -0.3 is 5.11 Å². The van der Waals surface area contributed by atoms with Crippen molar-refractivity contribution in [1.82, 2.24) is 0 Å². The maximum atomic E-state index is 10.9. The first kappa shape index (κ1) is 12.1. The van der Waals surface area contributed by atoms with Crippen LogP contribution in [0.4, 0.5) is 0 Å². The van der Waals surface area contributed by atoms with Gasteiger partial charge in [-0.05, 0) is 34.0 Å². The number of thioether (sulfide) groups is 1. The zero-order valence-electron chi connectivity index (χ0n) is 7.86. The van der Waals surface area contributed by atoms with Gasteiger partial charge in [-0.2, -0.15) is 0 Å². The molecule has 1 rings (SSSR count). The fourth-order valence-corrected chi connectivity index (χ4v) is 3.94. The van der Waals surface area contributed by atoms with Crippen LogP contribution >= 0.6 is 39.0 Å². The van der Waals surface area contributed by atoms with Crippen LogP contribution in [-0.4, -0.2) is 16.3 Å². The SMILES string of the molecule is CC(C)C(Sc1ccc(Br)s1)C(=O)O. The molecule has 1 aromatic rings. The number of hydrogen-bond donors (Lipinski definition) is 1. The number of carboxylic acids is 1. The summed E-state index contributed by atoms with van der Waals surface area (Å²) in [5, 5.41) is 8.62. The van der Waals surface area contributed by atoms with Gasteiger partial charge in [-0.15, -0.1) is 11.3 Å². The third-order valence-corrected chi connectivity index (χ3v) is 4.97. The van der Waals surface area contributed by atoms with Crippen LogP contribution < -0.4 is 0 Å². The van der Waals surface area contributed by atoms with Crippen LogP contribution in [0.5, 0.6) is 0 Å². The molecule has 0 radical (unpaired) electrons. The maximum Gasteiger partial charge on any atom is 0.317 e. The van der Waals surface area contributed by atoms with Crippen molar-refractivity contribution in [2.24, 2.45) is 5.92 Å². The summed E-state index contributed by atoms with van der Waals surface area (Å²) in [7, 11) is 0. The van der Waals surface area contributed by atoms with Crippen LogP contribution in [-0.2, 0) is 4.79 Å². The molecule has 0 spiro atoms. The van der Waals surface area contributed by atoms with E-state index in [1.165, 1.54) is 11.8 Å². The van der Waals surface area contributed by atoms with Crippen molar-refractivity contribution in [1.29, 1.82) is 0 Å². The number of carbonyl (C=O) groups is 1. The van der Waals surface area contributed by atoms with E-state index in [1.807, 2.05) is 26.0 Å².